The van der Waals surface area contributed by atoms with Crippen LogP contribution >= 0.6 is 11.6 Å². The molecule has 1 aromatic carbocycles. The van der Waals surface area contributed by atoms with Gasteiger partial charge < -0.3 is 10.6 Å². The van der Waals surface area contributed by atoms with Crippen LogP contribution < -0.4 is 10.6 Å². The lowest BCUT2D eigenvalue weighted by molar-refractivity contribution is 0.628. The number of aromatic nitrogens is 2. The fourth-order valence-electron chi connectivity index (χ4n) is 2.16. The highest BCUT2D eigenvalue weighted by molar-refractivity contribution is 6.31. The molecule has 2 aromatic rings. The van der Waals surface area contributed by atoms with Gasteiger partial charge in [0.15, 0.2) is 0 Å². The summed E-state index contributed by atoms with van der Waals surface area (Å²) in [5.74, 6) is 1.38. The lowest BCUT2D eigenvalue weighted by atomic mass is 10.2. The van der Waals surface area contributed by atoms with Crippen LogP contribution in [0.15, 0.2) is 24.3 Å². The molecule has 116 valence electrons. The van der Waals surface area contributed by atoms with Crippen LogP contribution in [0.1, 0.15) is 38.3 Å². The molecular formula is C16H18ClFN4. The van der Waals surface area contributed by atoms with Crippen LogP contribution in [0.2, 0.25) is 5.02 Å². The molecule has 1 saturated carbocycles. The van der Waals surface area contributed by atoms with Gasteiger partial charge in [-0.05, 0) is 44.9 Å². The predicted octanol–water partition coefficient (Wildman–Crippen LogP) is 4.71. The van der Waals surface area contributed by atoms with E-state index in [-0.39, 0.29) is 11.1 Å². The Morgan fingerprint density at radius 3 is 2.64 bits per heavy atom. The van der Waals surface area contributed by atoms with Crippen LogP contribution in [0.5, 0.6) is 0 Å². The van der Waals surface area contributed by atoms with E-state index >= 15 is 0 Å². The molecule has 6 heteroatoms. The predicted molar refractivity (Wildman–Crippen MR) is 87.5 cm³/mol. The number of anilines is 3. The van der Waals surface area contributed by atoms with Crippen molar-refractivity contribution >= 4 is 29.1 Å². The molecule has 4 nitrogen and oxygen atoms in total. The van der Waals surface area contributed by atoms with Crippen molar-refractivity contribution in [1.82, 2.24) is 9.97 Å². The number of nitrogens with one attached hydrogen (secondary N) is 2. The van der Waals surface area contributed by atoms with E-state index in [1.54, 1.807) is 12.1 Å². The lowest BCUT2D eigenvalue weighted by Gasteiger charge is -2.13. The molecule has 3 rings (SSSR count). The molecule has 1 aliphatic rings. The van der Waals surface area contributed by atoms with Gasteiger partial charge in [-0.1, -0.05) is 11.6 Å². The molecule has 0 saturated heterocycles. The molecule has 0 unspecified atom stereocenters. The van der Waals surface area contributed by atoms with Gasteiger partial charge >= 0.3 is 0 Å². The van der Waals surface area contributed by atoms with Gasteiger partial charge in [-0.15, -0.1) is 0 Å². The largest absolute Gasteiger partial charge is 0.352 e. The fourth-order valence-corrected chi connectivity index (χ4v) is 2.34. The van der Waals surface area contributed by atoms with E-state index in [9.17, 15) is 4.39 Å². The Bertz CT molecular complexity index is 686. The van der Waals surface area contributed by atoms with Crippen molar-refractivity contribution in [1.29, 1.82) is 0 Å². The third-order valence-corrected chi connectivity index (χ3v) is 3.64. The van der Waals surface area contributed by atoms with E-state index < -0.39 is 5.82 Å². The Hall–Kier alpha value is -1.88. The Morgan fingerprint density at radius 2 is 2.00 bits per heavy atom. The monoisotopic (exact) mass is 320 g/mol. The summed E-state index contributed by atoms with van der Waals surface area (Å²) in [5, 5.41) is 6.48. The Kier molecular flexibility index (Phi) is 4.16. The number of rotatable bonds is 5. The fraction of sp³-hybridized carbons (Fsp3) is 0.375. The van der Waals surface area contributed by atoms with E-state index in [0.717, 1.165) is 5.69 Å². The van der Waals surface area contributed by atoms with Crippen LogP contribution in [-0.4, -0.2) is 16.0 Å². The average Bonchev–Trinajstić information content (AvgIpc) is 3.26. The molecule has 1 fully saturated rings. The van der Waals surface area contributed by atoms with Crippen LogP contribution in [0.4, 0.5) is 21.8 Å². The molecule has 0 atom stereocenters. The SMILES string of the molecule is CC(C)Nc1nc(Nc2ccc(F)c(Cl)c2)cc(C2CC2)n1. The van der Waals surface area contributed by atoms with Crippen molar-refractivity contribution in [2.24, 2.45) is 0 Å². The molecule has 22 heavy (non-hydrogen) atoms. The summed E-state index contributed by atoms with van der Waals surface area (Å²) >= 11 is 5.81. The number of hydrogen-bond donors (Lipinski definition) is 2. The molecule has 0 radical (unpaired) electrons. The summed E-state index contributed by atoms with van der Waals surface area (Å²) in [6.07, 6.45) is 2.33. The lowest BCUT2D eigenvalue weighted by Crippen LogP contribution is -2.14. The first kappa shape index (κ1) is 15.0. The topological polar surface area (TPSA) is 49.8 Å². The summed E-state index contributed by atoms with van der Waals surface area (Å²) < 4.78 is 13.2. The third kappa shape index (κ3) is 3.65. The van der Waals surface area contributed by atoms with E-state index in [2.05, 4.69) is 20.6 Å². The molecule has 2 N–H and O–H groups in total. The van der Waals surface area contributed by atoms with Gasteiger partial charge in [-0.2, -0.15) is 4.98 Å². The Labute approximate surface area is 134 Å². The van der Waals surface area contributed by atoms with Gasteiger partial charge in [-0.25, -0.2) is 9.37 Å². The van der Waals surface area contributed by atoms with E-state index in [1.165, 1.54) is 18.9 Å². The van der Waals surface area contributed by atoms with Crippen molar-refractivity contribution in [3.63, 3.8) is 0 Å². The molecule has 0 bridgehead atoms. The zero-order chi connectivity index (χ0) is 15.7. The number of hydrogen-bond acceptors (Lipinski definition) is 4. The summed E-state index contributed by atoms with van der Waals surface area (Å²) in [5.41, 5.74) is 1.73. The second kappa shape index (κ2) is 6.08. The third-order valence-electron chi connectivity index (χ3n) is 3.35. The summed E-state index contributed by atoms with van der Waals surface area (Å²) in [4.78, 5) is 9.02. The van der Waals surface area contributed by atoms with Crippen molar-refractivity contribution in [3.05, 3.63) is 40.8 Å². The summed E-state index contributed by atoms with van der Waals surface area (Å²) in [7, 11) is 0. The maximum Gasteiger partial charge on any atom is 0.225 e. The first-order valence-electron chi connectivity index (χ1n) is 7.39. The summed E-state index contributed by atoms with van der Waals surface area (Å²) in [6.45, 7) is 4.08. The zero-order valence-electron chi connectivity index (χ0n) is 12.5. The molecule has 1 aromatic heterocycles. The Morgan fingerprint density at radius 1 is 1.23 bits per heavy atom. The number of benzene rings is 1. The minimum Gasteiger partial charge on any atom is -0.352 e. The standard InChI is InChI=1S/C16H18ClFN4/c1-9(2)19-16-21-14(10-3-4-10)8-15(22-16)20-11-5-6-13(18)12(17)7-11/h5-10H,3-4H2,1-2H3,(H2,19,20,21,22). The molecule has 0 aliphatic heterocycles. The van der Waals surface area contributed by atoms with Crippen molar-refractivity contribution in [3.8, 4) is 0 Å². The van der Waals surface area contributed by atoms with Gasteiger partial charge in [0.1, 0.15) is 11.6 Å². The van der Waals surface area contributed by atoms with Gasteiger partial charge in [0.2, 0.25) is 5.95 Å². The van der Waals surface area contributed by atoms with Crippen molar-refractivity contribution in [2.75, 3.05) is 10.6 Å². The highest BCUT2D eigenvalue weighted by Gasteiger charge is 2.26. The molecule has 1 heterocycles. The smallest absolute Gasteiger partial charge is 0.225 e. The quantitative estimate of drug-likeness (QED) is 0.837. The van der Waals surface area contributed by atoms with Gasteiger partial charge in [0.25, 0.3) is 0 Å². The normalized spacial score (nSPS) is 14.2. The average molecular weight is 321 g/mol. The second-order valence-corrected chi connectivity index (χ2v) is 6.24. The van der Waals surface area contributed by atoms with Gasteiger partial charge in [0, 0.05) is 23.7 Å². The van der Waals surface area contributed by atoms with Crippen molar-refractivity contribution in [2.45, 2.75) is 38.6 Å². The maximum atomic E-state index is 13.2. The zero-order valence-corrected chi connectivity index (χ0v) is 13.3. The maximum absolute atomic E-state index is 13.2. The molecule has 0 amide bonds. The second-order valence-electron chi connectivity index (χ2n) is 5.83. The first-order chi connectivity index (χ1) is 10.5. The van der Waals surface area contributed by atoms with Gasteiger partial charge in [-0.3, -0.25) is 0 Å². The van der Waals surface area contributed by atoms with Crippen LogP contribution in [0.3, 0.4) is 0 Å². The first-order valence-corrected chi connectivity index (χ1v) is 7.76. The minimum absolute atomic E-state index is 0.0852. The highest BCUT2D eigenvalue weighted by atomic mass is 35.5. The van der Waals surface area contributed by atoms with Crippen LogP contribution in [0, 0.1) is 5.82 Å². The van der Waals surface area contributed by atoms with Crippen LogP contribution in [0.25, 0.3) is 0 Å². The number of nitrogens with zero attached hydrogens (tertiary/aromatic N) is 2. The highest BCUT2D eigenvalue weighted by Crippen LogP contribution is 2.40. The van der Waals surface area contributed by atoms with E-state index in [0.29, 0.717) is 23.4 Å². The Balaban J connectivity index is 1.87. The number of halogens is 2. The van der Waals surface area contributed by atoms with E-state index in [4.69, 9.17) is 11.6 Å². The molecule has 1 aliphatic carbocycles. The molecular weight excluding hydrogens is 303 g/mol. The van der Waals surface area contributed by atoms with Gasteiger partial charge in [0.05, 0.1) is 10.7 Å². The summed E-state index contributed by atoms with van der Waals surface area (Å²) in [6, 6.07) is 6.71. The molecule has 0 spiro atoms. The minimum atomic E-state index is -0.435. The van der Waals surface area contributed by atoms with Crippen LogP contribution in [-0.2, 0) is 0 Å². The van der Waals surface area contributed by atoms with E-state index in [1.807, 2.05) is 19.9 Å². The van der Waals surface area contributed by atoms with Crippen molar-refractivity contribution < 1.29 is 4.39 Å².